The van der Waals surface area contributed by atoms with Crippen LogP contribution in [-0.4, -0.2) is 24.9 Å². The Hall–Kier alpha value is -4.96. The maximum Gasteiger partial charge on any atom is 0.178 e. The molecule has 0 aliphatic rings. The van der Waals surface area contributed by atoms with Gasteiger partial charge in [-0.15, -0.1) is 12.8 Å². The zero-order chi connectivity index (χ0) is 26.4. The van der Waals surface area contributed by atoms with Gasteiger partial charge in [0.2, 0.25) is 0 Å². The number of aromatic amines is 1. The van der Waals surface area contributed by atoms with Gasteiger partial charge >= 0.3 is 0 Å². The Morgan fingerprint density at radius 1 is 1.03 bits per heavy atom. The number of nitrogens with one attached hydrogen (secondary N) is 2. The third kappa shape index (κ3) is 5.65. The third-order valence-corrected chi connectivity index (χ3v) is 5.96. The summed E-state index contributed by atoms with van der Waals surface area (Å²) in [6, 6.07) is 15.9. The van der Waals surface area contributed by atoms with Crippen molar-refractivity contribution in [3.63, 3.8) is 0 Å². The van der Waals surface area contributed by atoms with Crippen molar-refractivity contribution in [2.45, 2.75) is 20.3 Å². The summed E-state index contributed by atoms with van der Waals surface area (Å²) >= 11 is 0. The van der Waals surface area contributed by atoms with Crippen LogP contribution in [0.4, 0.5) is 11.4 Å². The molecule has 5 rings (SSSR count). The van der Waals surface area contributed by atoms with Gasteiger partial charge in [-0.25, -0.2) is 9.97 Å². The van der Waals surface area contributed by atoms with Gasteiger partial charge in [0.25, 0.3) is 0 Å². The van der Waals surface area contributed by atoms with Crippen molar-refractivity contribution in [1.29, 1.82) is 0 Å². The van der Waals surface area contributed by atoms with E-state index in [1.165, 1.54) is 0 Å². The fourth-order valence-corrected chi connectivity index (χ4v) is 3.89. The largest absolute Gasteiger partial charge is 0.398 e. The molecular weight excluding hydrogens is 458 g/mol. The highest BCUT2D eigenvalue weighted by Gasteiger charge is 2.13. The lowest BCUT2D eigenvalue weighted by Crippen LogP contribution is -2.04. The summed E-state index contributed by atoms with van der Waals surface area (Å²) in [6.07, 6.45) is 15.7. The Labute approximate surface area is 216 Å². The number of nitrogen functional groups attached to an aromatic ring is 1. The second kappa shape index (κ2) is 11.2. The average molecular weight is 488 g/mol. The van der Waals surface area contributed by atoms with Crippen LogP contribution in [0.2, 0.25) is 0 Å². The molecule has 5 aromatic rings. The quantitative estimate of drug-likeness (QED) is 0.190. The van der Waals surface area contributed by atoms with Crippen molar-refractivity contribution in [3.05, 3.63) is 97.0 Å². The van der Waals surface area contributed by atoms with E-state index < -0.39 is 0 Å². The highest BCUT2D eigenvalue weighted by molar-refractivity contribution is 5.88. The van der Waals surface area contributed by atoms with E-state index in [9.17, 15) is 0 Å². The molecule has 0 aliphatic carbocycles. The van der Waals surface area contributed by atoms with Gasteiger partial charge in [0, 0.05) is 47.5 Å². The Kier molecular flexibility index (Phi) is 7.60. The van der Waals surface area contributed by atoms with Crippen LogP contribution in [-0.2, 0) is 6.42 Å². The number of pyridine rings is 3. The minimum atomic E-state index is 0.332. The van der Waals surface area contributed by atoms with Crippen LogP contribution >= 0.6 is 0 Å². The summed E-state index contributed by atoms with van der Waals surface area (Å²) in [5.74, 6) is 1.12. The summed E-state index contributed by atoms with van der Waals surface area (Å²) in [5.41, 5.74) is 15.3. The number of imidazole rings is 1. The Bertz CT molecular complexity index is 1550. The lowest BCUT2D eigenvalue weighted by Gasteiger charge is -2.14. The van der Waals surface area contributed by atoms with Crippen molar-refractivity contribution in [3.8, 4) is 35.2 Å². The van der Waals surface area contributed by atoms with Crippen molar-refractivity contribution in [2.24, 2.45) is 5.92 Å². The van der Waals surface area contributed by atoms with E-state index in [1.54, 1.807) is 18.6 Å². The second-order valence-corrected chi connectivity index (χ2v) is 8.81. The molecule has 0 radical (unpaired) electrons. The van der Waals surface area contributed by atoms with E-state index in [-0.39, 0.29) is 0 Å². The molecule has 1 aromatic carbocycles. The van der Waals surface area contributed by atoms with Crippen LogP contribution < -0.4 is 11.1 Å². The molecule has 0 unspecified atom stereocenters. The van der Waals surface area contributed by atoms with E-state index in [2.05, 4.69) is 70.7 Å². The molecule has 4 aromatic heterocycles. The molecule has 0 spiro atoms. The Balaban J connectivity index is 0.00000156. The molecule has 7 heteroatoms. The molecule has 0 fully saturated rings. The monoisotopic (exact) mass is 487 g/mol. The Morgan fingerprint density at radius 3 is 2.62 bits per heavy atom. The number of terminal acetylenes is 1. The summed E-state index contributed by atoms with van der Waals surface area (Å²) < 4.78 is 0. The lowest BCUT2D eigenvalue weighted by molar-refractivity contribution is 0.778. The van der Waals surface area contributed by atoms with E-state index >= 15 is 0 Å². The van der Waals surface area contributed by atoms with E-state index in [0.29, 0.717) is 23.7 Å². The zero-order valence-electron chi connectivity index (χ0n) is 20.9. The number of fused-ring (bicyclic) bond motifs is 1. The molecule has 0 saturated heterocycles. The smallest absolute Gasteiger partial charge is 0.178 e. The van der Waals surface area contributed by atoms with Gasteiger partial charge in [-0.1, -0.05) is 32.6 Å². The first-order valence-electron chi connectivity index (χ1n) is 11.9. The highest BCUT2D eigenvalue weighted by Crippen LogP contribution is 2.29. The lowest BCUT2D eigenvalue weighted by atomic mass is 10.0. The number of H-pyrrole nitrogens is 1. The average Bonchev–Trinajstić information content (AvgIpc) is 3.34. The number of aromatic nitrogens is 5. The minimum Gasteiger partial charge on any atom is -0.398 e. The molecule has 4 heterocycles. The number of hydrogen-bond acceptors (Lipinski definition) is 6. The van der Waals surface area contributed by atoms with Crippen LogP contribution in [0, 0.1) is 18.8 Å². The first kappa shape index (κ1) is 25.1. The predicted molar refractivity (Wildman–Crippen MR) is 152 cm³/mol. The summed E-state index contributed by atoms with van der Waals surface area (Å²) in [5, 5.41) is 3.34. The van der Waals surface area contributed by atoms with Crippen LogP contribution in [0.1, 0.15) is 25.2 Å². The second-order valence-electron chi connectivity index (χ2n) is 8.81. The number of nitrogens with zero attached hydrogens (tertiary/aromatic N) is 4. The van der Waals surface area contributed by atoms with Gasteiger partial charge in [0.05, 0.1) is 23.1 Å². The van der Waals surface area contributed by atoms with Gasteiger partial charge in [0.1, 0.15) is 5.82 Å². The van der Waals surface area contributed by atoms with Crippen molar-refractivity contribution in [1.82, 2.24) is 24.9 Å². The minimum absolute atomic E-state index is 0.332. The first-order valence-corrected chi connectivity index (χ1v) is 11.9. The number of hydrogen-bond donors (Lipinski definition) is 3. The topological polar surface area (TPSA) is 105 Å². The van der Waals surface area contributed by atoms with E-state index in [0.717, 1.165) is 50.7 Å². The molecule has 0 amide bonds. The van der Waals surface area contributed by atoms with Crippen LogP contribution in [0.5, 0.6) is 0 Å². The number of nitrogens with two attached hydrogens (primary N) is 1. The molecule has 0 bridgehead atoms. The van der Waals surface area contributed by atoms with Crippen LogP contribution in [0.25, 0.3) is 33.5 Å². The van der Waals surface area contributed by atoms with Crippen LogP contribution in [0.15, 0.2) is 85.6 Å². The maximum absolute atomic E-state index is 6.35. The predicted octanol–water partition coefficient (Wildman–Crippen LogP) is 6.09. The number of rotatable bonds is 7. The molecule has 0 atom stereocenters. The Morgan fingerprint density at radius 2 is 1.86 bits per heavy atom. The first-order chi connectivity index (χ1) is 18.0. The zero-order valence-corrected chi connectivity index (χ0v) is 20.9. The molecular formula is C30H29N7. The fourth-order valence-electron chi connectivity index (χ4n) is 3.89. The van der Waals surface area contributed by atoms with Crippen LogP contribution in [0.3, 0.4) is 0 Å². The van der Waals surface area contributed by atoms with Gasteiger partial charge in [-0.2, -0.15) is 0 Å². The molecule has 0 saturated carbocycles. The van der Waals surface area contributed by atoms with E-state index in [4.69, 9.17) is 10.7 Å². The third-order valence-electron chi connectivity index (χ3n) is 5.96. The van der Waals surface area contributed by atoms with E-state index in [1.807, 2.05) is 42.6 Å². The molecule has 184 valence electrons. The SMILES string of the molecule is C#C.C=C(Nc1cncc(-c2ccc(N)c(Cc3nc4nccc(-c5ccccn5)c4[nH]3)c2)c1)C(C)C. The number of anilines is 2. The molecule has 7 nitrogen and oxygen atoms in total. The van der Waals surface area contributed by atoms with Crippen molar-refractivity contribution in [2.75, 3.05) is 11.1 Å². The van der Waals surface area contributed by atoms with Gasteiger partial charge in [0.15, 0.2) is 5.65 Å². The molecule has 4 N–H and O–H groups in total. The highest BCUT2D eigenvalue weighted by atomic mass is 15.0. The van der Waals surface area contributed by atoms with Crippen molar-refractivity contribution < 1.29 is 0 Å². The maximum atomic E-state index is 6.35. The fraction of sp³-hybridized carbons (Fsp3) is 0.133. The summed E-state index contributed by atoms with van der Waals surface area (Å²) in [7, 11) is 0. The van der Waals surface area contributed by atoms with Crippen molar-refractivity contribution >= 4 is 22.5 Å². The number of allylic oxidation sites excluding steroid dienone is 1. The summed E-state index contributed by atoms with van der Waals surface area (Å²) in [6.45, 7) is 8.30. The normalized spacial score (nSPS) is 10.6. The number of benzene rings is 1. The molecule has 37 heavy (non-hydrogen) atoms. The van der Waals surface area contributed by atoms with Gasteiger partial charge < -0.3 is 16.0 Å². The molecule has 0 aliphatic heterocycles. The standard InChI is InChI=1S/C28H27N7.C2H2/c1-17(2)18(3)33-22-13-21(15-30-16-22)19-7-8-24(29)20(12-19)14-26-34-27-23(9-11-32-28(27)35-26)25-6-4-5-10-31-25;1-2/h4-13,15-17,33H,3,14,29H2,1-2H3,(H,32,34,35);1-2H. The summed E-state index contributed by atoms with van der Waals surface area (Å²) in [4.78, 5) is 21.5. The van der Waals surface area contributed by atoms with Gasteiger partial charge in [-0.3, -0.25) is 9.97 Å². The van der Waals surface area contributed by atoms with Gasteiger partial charge in [-0.05, 0) is 53.4 Å².